The molecular formula is C21H24N6O2. The standard InChI is InChI=1S/C21H24N6O2/c1-15-4-2-7-19(12-15)29-11-10-22-20(28)14-23-17-6-3-5-16(13-17)21-24-25-26-27(21)18-8-9-18/h2-7,12-13,18,23H,8-11,14H2,1H3,(H,22,28). The van der Waals surface area contributed by atoms with Crippen molar-refractivity contribution < 1.29 is 9.53 Å². The quantitative estimate of drug-likeness (QED) is 0.544. The molecule has 1 fully saturated rings. The van der Waals surface area contributed by atoms with Crippen molar-refractivity contribution in [2.24, 2.45) is 0 Å². The molecule has 1 aromatic heterocycles. The summed E-state index contributed by atoms with van der Waals surface area (Å²) in [7, 11) is 0. The van der Waals surface area contributed by atoms with Crippen LogP contribution in [-0.4, -0.2) is 45.8 Å². The molecule has 0 aliphatic heterocycles. The molecule has 4 rings (SSSR count). The van der Waals surface area contributed by atoms with E-state index in [0.29, 0.717) is 19.2 Å². The Morgan fingerprint density at radius 2 is 2.07 bits per heavy atom. The van der Waals surface area contributed by atoms with Gasteiger partial charge in [-0.2, -0.15) is 0 Å². The molecule has 0 unspecified atom stereocenters. The van der Waals surface area contributed by atoms with Crippen LogP contribution in [-0.2, 0) is 4.79 Å². The van der Waals surface area contributed by atoms with Gasteiger partial charge >= 0.3 is 0 Å². The van der Waals surface area contributed by atoms with E-state index in [1.807, 2.05) is 60.1 Å². The van der Waals surface area contributed by atoms with Crippen LogP contribution in [0.4, 0.5) is 5.69 Å². The van der Waals surface area contributed by atoms with E-state index in [0.717, 1.165) is 41.2 Å². The average Bonchev–Trinajstić information content (AvgIpc) is 3.46. The Kier molecular flexibility index (Phi) is 5.69. The zero-order valence-corrected chi connectivity index (χ0v) is 16.3. The average molecular weight is 392 g/mol. The lowest BCUT2D eigenvalue weighted by Gasteiger charge is -2.10. The van der Waals surface area contributed by atoms with Crippen LogP contribution >= 0.6 is 0 Å². The van der Waals surface area contributed by atoms with Crippen LogP contribution in [0, 0.1) is 6.92 Å². The Morgan fingerprint density at radius 1 is 1.21 bits per heavy atom. The minimum atomic E-state index is -0.0916. The summed E-state index contributed by atoms with van der Waals surface area (Å²) in [5.41, 5.74) is 2.92. The van der Waals surface area contributed by atoms with Gasteiger partial charge in [-0.15, -0.1) is 5.10 Å². The molecular weight excluding hydrogens is 368 g/mol. The topological polar surface area (TPSA) is 94.0 Å². The molecule has 29 heavy (non-hydrogen) atoms. The second-order valence-corrected chi connectivity index (χ2v) is 7.13. The van der Waals surface area contributed by atoms with E-state index in [-0.39, 0.29) is 12.5 Å². The summed E-state index contributed by atoms with van der Waals surface area (Å²) in [5, 5.41) is 18.0. The van der Waals surface area contributed by atoms with Crippen molar-refractivity contribution in [2.45, 2.75) is 25.8 Å². The number of tetrazole rings is 1. The van der Waals surface area contributed by atoms with Gasteiger partial charge in [0.2, 0.25) is 5.91 Å². The molecule has 0 spiro atoms. The van der Waals surface area contributed by atoms with Crippen LogP contribution in [0.1, 0.15) is 24.4 Å². The SMILES string of the molecule is Cc1cccc(OCCNC(=O)CNc2cccc(-c3nnnn3C3CC3)c2)c1. The summed E-state index contributed by atoms with van der Waals surface area (Å²) in [6.45, 7) is 3.07. The fourth-order valence-corrected chi connectivity index (χ4v) is 3.03. The third kappa shape index (κ3) is 5.10. The molecule has 0 atom stereocenters. The Hall–Kier alpha value is -3.42. The number of ether oxygens (including phenoxy) is 1. The molecule has 2 N–H and O–H groups in total. The smallest absolute Gasteiger partial charge is 0.239 e. The number of carbonyl (C=O) groups excluding carboxylic acids is 1. The van der Waals surface area contributed by atoms with Crippen LogP contribution < -0.4 is 15.4 Å². The lowest BCUT2D eigenvalue weighted by Crippen LogP contribution is -2.33. The summed E-state index contributed by atoms with van der Waals surface area (Å²) in [5.74, 6) is 1.47. The van der Waals surface area contributed by atoms with Gasteiger partial charge in [0.15, 0.2) is 5.82 Å². The molecule has 1 amide bonds. The minimum absolute atomic E-state index is 0.0916. The van der Waals surface area contributed by atoms with Crippen molar-refractivity contribution in [3.8, 4) is 17.1 Å². The van der Waals surface area contributed by atoms with E-state index in [1.165, 1.54) is 0 Å². The largest absolute Gasteiger partial charge is 0.492 e. The van der Waals surface area contributed by atoms with E-state index in [1.54, 1.807) is 0 Å². The zero-order chi connectivity index (χ0) is 20.1. The van der Waals surface area contributed by atoms with Crippen LogP contribution in [0.5, 0.6) is 5.75 Å². The van der Waals surface area contributed by atoms with Crippen LogP contribution in [0.25, 0.3) is 11.4 Å². The summed E-state index contributed by atoms with van der Waals surface area (Å²) >= 11 is 0. The molecule has 0 radical (unpaired) electrons. The summed E-state index contributed by atoms with van der Waals surface area (Å²) in [6.07, 6.45) is 2.23. The molecule has 8 heteroatoms. The second kappa shape index (κ2) is 8.72. The van der Waals surface area contributed by atoms with Gasteiger partial charge in [-0.05, 0) is 60.0 Å². The van der Waals surface area contributed by atoms with E-state index >= 15 is 0 Å². The third-order valence-electron chi connectivity index (χ3n) is 4.64. The highest BCUT2D eigenvalue weighted by Crippen LogP contribution is 2.36. The highest BCUT2D eigenvalue weighted by molar-refractivity contribution is 5.81. The molecule has 150 valence electrons. The highest BCUT2D eigenvalue weighted by atomic mass is 16.5. The maximum atomic E-state index is 12.1. The molecule has 0 bridgehead atoms. The van der Waals surface area contributed by atoms with E-state index < -0.39 is 0 Å². The lowest BCUT2D eigenvalue weighted by atomic mass is 10.2. The Morgan fingerprint density at radius 3 is 2.90 bits per heavy atom. The predicted molar refractivity (Wildman–Crippen MR) is 110 cm³/mol. The van der Waals surface area contributed by atoms with Crippen molar-refractivity contribution in [1.29, 1.82) is 0 Å². The van der Waals surface area contributed by atoms with Crippen LogP contribution in [0.15, 0.2) is 48.5 Å². The second-order valence-electron chi connectivity index (χ2n) is 7.13. The van der Waals surface area contributed by atoms with Gasteiger partial charge in [0, 0.05) is 11.3 Å². The molecule has 0 saturated heterocycles. The van der Waals surface area contributed by atoms with Crippen LogP contribution in [0.2, 0.25) is 0 Å². The van der Waals surface area contributed by atoms with Crippen molar-refractivity contribution in [3.63, 3.8) is 0 Å². The number of benzene rings is 2. The number of rotatable bonds is 9. The number of amides is 1. The first kappa shape index (κ1) is 18.9. The van der Waals surface area contributed by atoms with Gasteiger partial charge in [0.1, 0.15) is 12.4 Å². The lowest BCUT2D eigenvalue weighted by molar-refractivity contribution is -0.119. The summed E-state index contributed by atoms with van der Waals surface area (Å²) < 4.78 is 7.51. The number of aryl methyl sites for hydroxylation is 1. The number of anilines is 1. The van der Waals surface area contributed by atoms with E-state index in [2.05, 4.69) is 26.2 Å². The Bertz CT molecular complexity index is 983. The number of nitrogens with zero attached hydrogens (tertiary/aromatic N) is 4. The Balaban J connectivity index is 1.23. The van der Waals surface area contributed by atoms with Crippen molar-refractivity contribution in [2.75, 3.05) is 25.0 Å². The van der Waals surface area contributed by atoms with E-state index in [9.17, 15) is 4.79 Å². The summed E-state index contributed by atoms with van der Waals surface area (Å²) in [6, 6.07) is 16.0. The number of hydrogen-bond acceptors (Lipinski definition) is 6. The number of aromatic nitrogens is 4. The van der Waals surface area contributed by atoms with Gasteiger partial charge in [0.25, 0.3) is 0 Å². The normalized spacial score (nSPS) is 13.1. The van der Waals surface area contributed by atoms with Gasteiger partial charge in [0.05, 0.1) is 19.1 Å². The first-order chi connectivity index (χ1) is 14.2. The molecule has 1 aliphatic rings. The molecule has 2 aromatic carbocycles. The third-order valence-corrected chi connectivity index (χ3v) is 4.64. The van der Waals surface area contributed by atoms with Gasteiger partial charge in [-0.1, -0.05) is 24.3 Å². The van der Waals surface area contributed by atoms with Crippen molar-refractivity contribution in [1.82, 2.24) is 25.5 Å². The predicted octanol–water partition coefficient (Wildman–Crippen LogP) is 2.59. The first-order valence-electron chi connectivity index (χ1n) is 9.77. The summed E-state index contributed by atoms with van der Waals surface area (Å²) in [4.78, 5) is 12.1. The maximum absolute atomic E-state index is 12.1. The van der Waals surface area contributed by atoms with Gasteiger partial charge in [-0.25, -0.2) is 4.68 Å². The van der Waals surface area contributed by atoms with Crippen LogP contribution in [0.3, 0.4) is 0 Å². The zero-order valence-electron chi connectivity index (χ0n) is 16.3. The number of hydrogen-bond donors (Lipinski definition) is 2. The van der Waals surface area contributed by atoms with E-state index in [4.69, 9.17) is 4.74 Å². The number of carbonyl (C=O) groups is 1. The monoisotopic (exact) mass is 392 g/mol. The Labute approximate surface area is 169 Å². The van der Waals surface area contributed by atoms with Crippen molar-refractivity contribution >= 4 is 11.6 Å². The van der Waals surface area contributed by atoms with Gasteiger partial charge in [-0.3, -0.25) is 4.79 Å². The molecule has 8 nitrogen and oxygen atoms in total. The molecule has 1 aliphatic carbocycles. The maximum Gasteiger partial charge on any atom is 0.239 e. The fraction of sp³-hybridized carbons (Fsp3) is 0.333. The minimum Gasteiger partial charge on any atom is -0.492 e. The molecule has 3 aromatic rings. The number of nitrogens with one attached hydrogen (secondary N) is 2. The fourth-order valence-electron chi connectivity index (χ4n) is 3.03. The van der Waals surface area contributed by atoms with Gasteiger partial charge < -0.3 is 15.4 Å². The first-order valence-corrected chi connectivity index (χ1v) is 9.77. The molecule has 1 heterocycles. The molecule has 1 saturated carbocycles. The highest BCUT2D eigenvalue weighted by Gasteiger charge is 2.28. The van der Waals surface area contributed by atoms with Crippen molar-refractivity contribution in [3.05, 3.63) is 54.1 Å².